The van der Waals surface area contributed by atoms with Crippen molar-refractivity contribution >= 4 is 31.5 Å². The molecule has 10 heteroatoms. The summed E-state index contributed by atoms with van der Waals surface area (Å²) in [5.74, 6) is 0. The number of primary sulfonamides is 1. The molecule has 0 aliphatic carbocycles. The number of halogens is 1. The van der Waals surface area contributed by atoms with Crippen LogP contribution in [0.5, 0.6) is 0 Å². The zero-order valence-corrected chi connectivity index (χ0v) is 18.3. The minimum Gasteiger partial charge on any atom is -0.238 e. The Bertz CT molecular complexity index is 1450. The highest BCUT2D eigenvalue weighted by molar-refractivity contribution is 7.92. The zero-order chi connectivity index (χ0) is 22.2. The Balaban J connectivity index is 2.13. The SMILES string of the molecule is NS(=O)(=O)c1cc(-c2ccc(Cl)cc2)cc(S(=O)(=O)c2ccccc2)c1-n1cccn1. The largest absolute Gasteiger partial charge is 0.240 e. The summed E-state index contributed by atoms with van der Waals surface area (Å²) in [6.07, 6.45) is 2.87. The number of sulfone groups is 1. The van der Waals surface area contributed by atoms with Crippen LogP contribution in [-0.4, -0.2) is 26.6 Å². The molecule has 7 nitrogen and oxygen atoms in total. The first-order valence-electron chi connectivity index (χ1n) is 8.95. The Hall–Kier alpha value is -2.98. The summed E-state index contributed by atoms with van der Waals surface area (Å²) < 4.78 is 53.4. The highest BCUT2D eigenvalue weighted by atomic mass is 35.5. The summed E-state index contributed by atoms with van der Waals surface area (Å²) in [4.78, 5) is -0.589. The van der Waals surface area contributed by atoms with Gasteiger partial charge in [-0.25, -0.2) is 26.7 Å². The summed E-state index contributed by atoms with van der Waals surface area (Å²) in [5, 5.41) is 10.0. The second kappa shape index (κ2) is 7.93. The molecule has 1 aromatic heterocycles. The van der Waals surface area contributed by atoms with Crippen LogP contribution < -0.4 is 5.14 Å². The average molecular weight is 474 g/mol. The summed E-state index contributed by atoms with van der Waals surface area (Å²) in [6.45, 7) is 0. The first-order chi connectivity index (χ1) is 14.7. The molecule has 0 unspecified atom stereocenters. The smallest absolute Gasteiger partial charge is 0.238 e. The van der Waals surface area contributed by atoms with Crippen molar-refractivity contribution in [2.45, 2.75) is 14.7 Å². The Labute approximate surface area is 184 Å². The lowest BCUT2D eigenvalue weighted by molar-refractivity contribution is 0.592. The minimum absolute atomic E-state index is 0.0111. The summed E-state index contributed by atoms with van der Waals surface area (Å²) in [5.41, 5.74) is 0.783. The van der Waals surface area contributed by atoms with E-state index >= 15 is 0 Å². The molecule has 0 atom stereocenters. The molecule has 0 spiro atoms. The van der Waals surface area contributed by atoms with E-state index in [0.717, 1.165) is 0 Å². The van der Waals surface area contributed by atoms with Gasteiger partial charge < -0.3 is 0 Å². The average Bonchev–Trinajstić information content (AvgIpc) is 3.28. The van der Waals surface area contributed by atoms with Crippen molar-refractivity contribution in [2.24, 2.45) is 5.14 Å². The molecule has 0 saturated carbocycles. The number of aromatic nitrogens is 2. The van der Waals surface area contributed by atoms with Crippen molar-refractivity contribution in [2.75, 3.05) is 0 Å². The Morgan fingerprint density at radius 2 is 1.45 bits per heavy atom. The van der Waals surface area contributed by atoms with E-state index in [1.807, 2.05) is 0 Å². The van der Waals surface area contributed by atoms with Crippen LogP contribution in [0.2, 0.25) is 5.02 Å². The standard InChI is InChI=1S/C21H16ClN3O4S2/c22-17-9-7-15(8-10-17)16-13-19(30(26,27)18-5-2-1-3-6-18)21(25-12-4-11-24-25)20(14-16)31(23,28)29/h1-14H,(H2,23,28,29). The van der Waals surface area contributed by atoms with Gasteiger partial charge in [-0.2, -0.15) is 5.10 Å². The molecule has 0 radical (unpaired) electrons. The van der Waals surface area contributed by atoms with Gasteiger partial charge in [0.05, 0.1) is 9.79 Å². The van der Waals surface area contributed by atoms with Gasteiger partial charge in [-0.15, -0.1) is 0 Å². The maximum atomic E-state index is 13.6. The topological polar surface area (TPSA) is 112 Å². The fourth-order valence-corrected chi connectivity index (χ4v) is 5.63. The monoisotopic (exact) mass is 473 g/mol. The molecule has 4 aromatic rings. The molecule has 31 heavy (non-hydrogen) atoms. The predicted molar refractivity (Wildman–Crippen MR) is 117 cm³/mol. The molecule has 0 bridgehead atoms. The van der Waals surface area contributed by atoms with E-state index in [1.54, 1.807) is 48.5 Å². The van der Waals surface area contributed by atoms with Gasteiger partial charge in [0.2, 0.25) is 19.9 Å². The van der Waals surface area contributed by atoms with E-state index in [2.05, 4.69) is 5.10 Å². The highest BCUT2D eigenvalue weighted by Gasteiger charge is 2.29. The molecule has 0 fully saturated rings. The van der Waals surface area contributed by atoms with E-state index in [9.17, 15) is 16.8 Å². The van der Waals surface area contributed by atoms with E-state index in [-0.39, 0.29) is 20.4 Å². The van der Waals surface area contributed by atoms with Gasteiger partial charge in [0.15, 0.2) is 0 Å². The van der Waals surface area contributed by atoms with Gasteiger partial charge in [-0.05, 0) is 53.6 Å². The molecular weight excluding hydrogens is 458 g/mol. The van der Waals surface area contributed by atoms with Crippen molar-refractivity contribution in [3.8, 4) is 16.8 Å². The van der Waals surface area contributed by atoms with E-state index in [4.69, 9.17) is 16.7 Å². The third-order valence-corrected chi connectivity index (χ3v) is 7.56. The predicted octanol–water partition coefficient (Wildman–Crippen LogP) is 3.67. The molecule has 4 rings (SSSR count). The number of rotatable bonds is 5. The van der Waals surface area contributed by atoms with Crippen molar-refractivity contribution in [3.05, 3.63) is 90.2 Å². The van der Waals surface area contributed by atoms with Gasteiger partial charge in [0.1, 0.15) is 10.6 Å². The first kappa shape index (κ1) is 21.3. The first-order valence-corrected chi connectivity index (χ1v) is 12.4. The third kappa shape index (κ3) is 4.13. The lowest BCUT2D eigenvalue weighted by Gasteiger charge is -2.17. The van der Waals surface area contributed by atoms with Crippen molar-refractivity contribution in [3.63, 3.8) is 0 Å². The Morgan fingerprint density at radius 3 is 2.03 bits per heavy atom. The number of hydrogen-bond acceptors (Lipinski definition) is 5. The van der Waals surface area contributed by atoms with E-state index in [0.29, 0.717) is 16.1 Å². The van der Waals surface area contributed by atoms with Crippen LogP contribution in [0.25, 0.3) is 16.8 Å². The van der Waals surface area contributed by atoms with Crippen molar-refractivity contribution < 1.29 is 16.8 Å². The van der Waals surface area contributed by atoms with Gasteiger partial charge in [0.25, 0.3) is 0 Å². The van der Waals surface area contributed by atoms with Gasteiger partial charge >= 0.3 is 0 Å². The lowest BCUT2D eigenvalue weighted by atomic mass is 10.1. The van der Waals surface area contributed by atoms with Crippen LogP contribution in [0.15, 0.2) is 99.9 Å². The fraction of sp³-hybridized carbons (Fsp3) is 0. The molecular formula is C21H16ClN3O4S2. The molecule has 3 aromatic carbocycles. The quantitative estimate of drug-likeness (QED) is 0.475. The molecule has 1 heterocycles. The Morgan fingerprint density at radius 1 is 0.806 bits per heavy atom. The normalized spacial score (nSPS) is 12.1. The minimum atomic E-state index is -4.31. The Kier molecular flexibility index (Phi) is 5.44. The van der Waals surface area contributed by atoms with Crippen LogP contribution >= 0.6 is 11.6 Å². The lowest BCUT2D eigenvalue weighted by Crippen LogP contribution is -2.19. The van der Waals surface area contributed by atoms with Crippen LogP contribution in [-0.2, 0) is 19.9 Å². The maximum Gasteiger partial charge on any atom is 0.240 e. The third-order valence-electron chi connectivity index (χ3n) is 4.60. The van der Waals surface area contributed by atoms with Crippen LogP contribution in [0.1, 0.15) is 0 Å². The van der Waals surface area contributed by atoms with Gasteiger partial charge in [-0.3, -0.25) is 0 Å². The highest BCUT2D eigenvalue weighted by Crippen LogP contribution is 2.36. The maximum absolute atomic E-state index is 13.6. The van der Waals surface area contributed by atoms with Crippen LogP contribution in [0, 0.1) is 0 Å². The van der Waals surface area contributed by atoms with Crippen molar-refractivity contribution in [1.29, 1.82) is 0 Å². The summed E-state index contributed by atoms with van der Waals surface area (Å²) in [6, 6.07) is 18.6. The summed E-state index contributed by atoms with van der Waals surface area (Å²) >= 11 is 5.96. The number of benzene rings is 3. The molecule has 0 amide bonds. The van der Waals surface area contributed by atoms with E-state index in [1.165, 1.54) is 41.3 Å². The fourth-order valence-electron chi connectivity index (χ4n) is 3.17. The molecule has 0 saturated heterocycles. The van der Waals surface area contributed by atoms with Gasteiger partial charge in [-0.1, -0.05) is 41.9 Å². The van der Waals surface area contributed by atoms with Crippen LogP contribution in [0.3, 0.4) is 0 Å². The second-order valence-corrected chi connectivity index (χ2v) is 10.5. The molecule has 0 aliphatic rings. The molecule has 2 N–H and O–H groups in total. The van der Waals surface area contributed by atoms with E-state index < -0.39 is 19.9 Å². The number of nitrogens with two attached hydrogens (primary N) is 1. The molecule has 158 valence electrons. The van der Waals surface area contributed by atoms with Crippen LogP contribution in [0.4, 0.5) is 0 Å². The van der Waals surface area contributed by atoms with Crippen molar-refractivity contribution in [1.82, 2.24) is 9.78 Å². The second-order valence-electron chi connectivity index (χ2n) is 6.64. The molecule has 0 aliphatic heterocycles. The van der Waals surface area contributed by atoms with Gasteiger partial charge in [0, 0.05) is 17.4 Å². The number of nitrogens with zero attached hydrogens (tertiary/aromatic N) is 2. The summed E-state index contributed by atoms with van der Waals surface area (Å²) in [7, 11) is -8.44. The number of sulfonamides is 1. The zero-order valence-electron chi connectivity index (χ0n) is 15.9. The number of hydrogen-bond donors (Lipinski definition) is 1.